The van der Waals surface area contributed by atoms with E-state index in [9.17, 15) is 24.3 Å². The summed E-state index contributed by atoms with van der Waals surface area (Å²) < 4.78 is 4.36. The molecule has 0 aliphatic heterocycles. The number of hydrogen-bond donors (Lipinski definition) is 3. The minimum absolute atomic E-state index is 0.723. The molecular weight excluding hydrogens is 248 g/mol. The van der Waals surface area contributed by atoms with Gasteiger partial charge in [-0.3, -0.25) is 14.4 Å². The fraction of sp³-hybridized carbons (Fsp3) is 0.600. The fourth-order valence-electron chi connectivity index (χ4n) is 1.50. The number of ketones is 2. The van der Waals surface area contributed by atoms with Crippen LogP contribution in [0.3, 0.4) is 0 Å². The second kappa shape index (κ2) is 5.23. The summed E-state index contributed by atoms with van der Waals surface area (Å²) in [6.07, 6.45) is 0. The average molecular weight is 262 g/mol. The van der Waals surface area contributed by atoms with E-state index in [1.54, 1.807) is 0 Å². The molecule has 0 aromatic rings. The van der Waals surface area contributed by atoms with E-state index in [2.05, 4.69) is 4.74 Å². The Bertz CT molecular complexity index is 385. The number of carbonyl (C=O) groups is 4. The standard InChI is InChI=1S/C10H14O8/c1-5(12)9(17,4-11)10(6(2)13,8(15)16)18-7(3)14/h11,17H,4H2,1-3H3,(H,15,16)/t9?,10-/m0/s1. The van der Waals surface area contributed by atoms with Crippen LogP contribution in [0.5, 0.6) is 0 Å². The monoisotopic (exact) mass is 262 g/mol. The summed E-state index contributed by atoms with van der Waals surface area (Å²) in [5, 5.41) is 28.0. The summed E-state index contributed by atoms with van der Waals surface area (Å²) in [6.45, 7) is 0.904. The third kappa shape index (κ3) is 2.24. The Morgan fingerprint density at radius 2 is 1.50 bits per heavy atom. The highest BCUT2D eigenvalue weighted by molar-refractivity contribution is 6.13. The van der Waals surface area contributed by atoms with E-state index in [0.717, 1.165) is 20.8 Å². The predicted octanol–water partition coefficient (Wildman–Crippen LogP) is -1.73. The Hall–Kier alpha value is -1.80. The maximum absolute atomic E-state index is 11.5. The highest BCUT2D eigenvalue weighted by Gasteiger charge is 2.66. The number of carboxylic acids is 1. The van der Waals surface area contributed by atoms with Crippen LogP contribution in [0.4, 0.5) is 0 Å². The first-order valence-electron chi connectivity index (χ1n) is 4.84. The third-order valence-corrected chi connectivity index (χ3v) is 2.49. The highest BCUT2D eigenvalue weighted by atomic mass is 16.6. The number of aliphatic hydroxyl groups excluding tert-OH is 1. The van der Waals surface area contributed by atoms with Gasteiger partial charge < -0.3 is 20.1 Å². The third-order valence-electron chi connectivity index (χ3n) is 2.49. The summed E-state index contributed by atoms with van der Waals surface area (Å²) in [4.78, 5) is 44.9. The number of aliphatic carboxylic acids is 1. The molecule has 3 N–H and O–H groups in total. The lowest BCUT2D eigenvalue weighted by Gasteiger charge is -2.38. The van der Waals surface area contributed by atoms with Crippen LogP contribution in [0.15, 0.2) is 0 Å². The Balaban J connectivity index is 6.16. The largest absolute Gasteiger partial charge is 0.478 e. The molecule has 0 fully saturated rings. The van der Waals surface area contributed by atoms with E-state index in [4.69, 9.17) is 10.2 Å². The fourth-order valence-corrected chi connectivity index (χ4v) is 1.50. The first-order valence-corrected chi connectivity index (χ1v) is 4.84. The van der Waals surface area contributed by atoms with Crippen molar-refractivity contribution in [2.45, 2.75) is 32.0 Å². The van der Waals surface area contributed by atoms with Gasteiger partial charge in [0.25, 0.3) is 0 Å². The van der Waals surface area contributed by atoms with E-state index in [1.807, 2.05) is 0 Å². The zero-order chi connectivity index (χ0) is 14.7. The second-order valence-corrected chi connectivity index (χ2v) is 3.71. The average Bonchev–Trinajstić information content (AvgIpc) is 2.23. The quantitative estimate of drug-likeness (QED) is 0.379. The molecule has 0 amide bonds. The van der Waals surface area contributed by atoms with Gasteiger partial charge in [0.05, 0.1) is 6.61 Å². The maximum Gasteiger partial charge on any atom is 0.359 e. The van der Waals surface area contributed by atoms with Crippen molar-refractivity contribution in [1.29, 1.82) is 0 Å². The number of esters is 1. The Labute approximate surface area is 102 Å². The van der Waals surface area contributed by atoms with E-state index < -0.39 is 41.3 Å². The molecular formula is C10H14O8. The van der Waals surface area contributed by atoms with Crippen LogP contribution >= 0.6 is 0 Å². The Morgan fingerprint density at radius 1 is 1.06 bits per heavy atom. The van der Waals surface area contributed by atoms with Crippen LogP contribution in [0.2, 0.25) is 0 Å². The van der Waals surface area contributed by atoms with Crippen LogP contribution < -0.4 is 0 Å². The lowest BCUT2D eigenvalue weighted by atomic mass is 9.77. The first kappa shape index (κ1) is 16.2. The lowest BCUT2D eigenvalue weighted by Crippen LogP contribution is -2.70. The minimum atomic E-state index is -3.17. The SMILES string of the molecule is CC(=O)O[C@@](C(C)=O)(C(=O)O)C(O)(CO)C(C)=O. The number of aliphatic hydroxyl groups is 2. The molecule has 0 aromatic heterocycles. The van der Waals surface area contributed by atoms with Crippen LogP contribution in [0.1, 0.15) is 20.8 Å². The molecule has 0 aromatic carbocycles. The van der Waals surface area contributed by atoms with Crippen LogP contribution in [0, 0.1) is 0 Å². The number of ether oxygens (including phenoxy) is 1. The predicted molar refractivity (Wildman–Crippen MR) is 55.5 cm³/mol. The van der Waals surface area contributed by atoms with Gasteiger partial charge in [-0.25, -0.2) is 4.79 Å². The molecule has 8 heteroatoms. The maximum atomic E-state index is 11.5. The summed E-state index contributed by atoms with van der Waals surface area (Å²) in [5.74, 6) is -5.75. The molecule has 102 valence electrons. The van der Waals surface area contributed by atoms with E-state index >= 15 is 0 Å². The molecule has 0 radical (unpaired) electrons. The van der Waals surface area contributed by atoms with Gasteiger partial charge in [-0.15, -0.1) is 0 Å². The normalized spacial score (nSPS) is 17.2. The summed E-state index contributed by atoms with van der Waals surface area (Å²) in [7, 11) is 0. The van der Waals surface area contributed by atoms with Crippen molar-refractivity contribution in [3.63, 3.8) is 0 Å². The number of hydrogen-bond acceptors (Lipinski definition) is 7. The highest BCUT2D eigenvalue weighted by Crippen LogP contribution is 2.30. The van der Waals surface area contributed by atoms with Gasteiger partial charge in [0.15, 0.2) is 11.6 Å². The Kier molecular flexibility index (Phi) is 4.71. The van der Waals surface area contributed by atoms with Crippen molar-refractivity contribution >= 4 is 23.5 Å². The summed E-state index contributed by atoms with van der Waals surface area (Å²) in [5.41, 5.74) is -6.21. The van der Waals surface area contributed by atoms with Crippen molar-refractivity contribution in [3.8, 4) is 0 Å². The van der Waals surface area contributed by atoms with E-state index in [0.29, 0.717) is 0 Å². The molecule has 0 rings (SSSR count). The number of rotatable bonds is 6. The number of Topliss-reactive ketones (excluding diaryl/α,β-unsaturated/α-hetero) is 2. The molecule has 0 saturated heterocycles. The molecule has 8 nitrogen and oxygen atoms in total. The van der Waals surface area contributed by atoms with E-state index in [-0.39, 0.29) is 0 Å². The molecule has 1 unspecified atom stereocenters. The molecule has 18 heavy (non-hydrogen) atoms. The zero-order valence-corrected chi connectivity index (χ0v) is 10.1. The van der Waals surface area contributed by atoms with Gasteiger partial charge in [-0.05, 0) is 13.8 Å². The van der Waals surface area contributed by atoms with Crippen LogP contribution in [-0.2, 0) is 23.9 Å². The van der Waals surface area contributed by atoms with Gasteiger partial charge in [0, 0.05) is 6.92 Å². The molecule has 0 aliphatic carbocycles. The second-order valence-electron chi connectivity index (χ2n) is 3.71. The summed E-state index contributed by atoms with van der Waals surface area (Å²) >= 11 is 0. The molecule has 0 aliphatic rings. The van der Waals surface area contributed by atoms with Crippen molar-refractivity contribution in [2.75, 3.05) is 6.61 Å². The molecule has 0 bridgehead atoms. The van der Waals surface area contributed by atoms with Gasteiger partial charge in [0.2, 0.25) is 5.60 Å². The van der Waals surface area contributed by atoms with E-state index in [1.165, 1.54) is 0 Å². The minimum Gasteiger partial charge on any atom is -0.478 e. The van der Waals surface area contributed by atoms with Crippen LogP contribution in [-0.4, -0.2) is 56.6 Å². The molecule has 0 saturated carbocycles. The summed E-state index contributed by atoms with van der Waals surface area (Å²) in [6, 6.07) is 0. The van der Waals surface area contributed by atoms with Crippen molar-refractivity contribution in [3.05, 3.63) is 0 Å². The van der Waals surface area contributed by atoms with Crippen LogP contribution in [0.25, 0.3) is 0 Å². The smallest absolute Gasteiger partial charge is 0.359 e. The van der Waals surface area contributed by atoms with Gasteiger partial charge in [0.1, 0.15) is 0 Å². The topological polar surface area (TPSA) is 138 Å². The molecule has 2 atom stereocenters. The number of carbonyl (C=O) groups excluding carboxylic acids is 3. The number of carboxylic acid groups (broad SMARTS) is 1. The van der Waals surface area contributed by atoms with Gasteiger partial charge >= 0.3 is 17.5 Å². The lowest BCUT2D eigenvalue weighted by molar-refractivity contribution is -0.214. The van der Waals surface area contributed by atoms with Crippen molar-refractivity contribution in [1.82, 2.24) is 0 Å². The van der Waals surface area contributed by atoms with Gasteiger partial charge in [-0.1, -0.05) is 0 Å². The first-order chi connectivity index (χ1) is 8.06. The molecule has 0 heterocycles. The Morgan fingerprint density at radius 3 is 1.67 bits per heavy atom. The molecule has 0 spiro atoms. The van der Waals surface area contributed by atoms with Crippen molar-refractivity contribution in [2.24, 2.45) is 0 Å². The zero-order valence-electron chi connectivity index (χ0n) is 10.1. The van der Waals surface area contributed by atoms with Gasteiger partial charge in [-0.2, -0.15) is 0 Å². The van der Waals surface area contributed by atoms with Crippen molar-refractivity contribution < 1.29 is 39.2 Å².